The lowest BCUT2D eigenvalue weighted by Gasteiger charge is -2.26. The van der Waals surface area contributed by atoms with Crippen molar-refractivity contribution in [2.45, 2.75) is 39.0 Å². The largest absolute Gasteiger partial charge is 0.466 e. The summed E-state index contributed by atoms with van der Waals surface area (Å²) in [7, 11) is 0. The lowest BCUT2D eigenvalue weighted by Crippen LogP contribution is -2.33. The van der Waals surface area contributed by atoms with Crippen LogP contribution in [0.1, 0.15) is 38.3 Å². The number of hydrogen-bond acceptors (Lipinski definition) is 6. The highest BCUT2D eigenvalue weighted by Crippen LogP contribution is 2.16. The molecular weight excluding hydrogens is 286 g/mol. The highest BCUT2D eigenvalue weighted by atomic mass is 32.1. The zero-order valence-electron chi connectivity index (χ0n) is 12.8. The monoisotopic (exact) mass is 311 g/mol. The van der Waals surface area contributed by atoms with Gasteiger partial charge in [-0.05, 0) is 32.9 Å². The molecule has 0 aromatic carbocycles. The van der Waals surface area contributed by atoms with Crippen LogP contribution in [0.3, 0.4) is 0 Å². The van der Waals surface area contributed by atoms with Crippen LogP contribution in [0.5, 0.6) is 0 Å². The third-order valence-corrected chi connectivity index (χ3v) is 4.44. The number of ether oxygens (including phenoxy) is 1. The summed E-state index contributed by atoms with van der Waals surface area (Å²) in [6, 6.07) is 0. The fraction of sp³-hybridized carbons (Fsp3) is 0.733. The molecule has 0 radical (unpaired) electrons. The predicted octanol–water partition coefficient (Wildman–Crippen LogP) is 2.54. The summed E-state index contributed by atoms with van der Waals surface area (Å²) < 4.78 is 4.92. The number of aromatic nitrogens is 1. The van der Waals surface area contributed by atoms with E-state index in [1.54, 1.807) is 11.3 Å². The van der Waals surface area contributed by atoms with Crippen molar-refractivity contribution in [3.8, 4) is 0 Å². The summed E-state index contributed by atoms with van der Waals surface area (Å²) in [6.07, 6.45) is 5.10. The van der Waals surface area contributed by atoms with Crippen molar-refractivity contribution in [2.75, 3.05) is 38.1 Å². The number of nitrogens with one attached hydrogen (secondary N) is 1. The van der Waals surface area contributed by atoms with E-state index in [0.29, 0.717) is 19.4 Å². The zero-order valence-corrected chi connectivity index (χ0v) is 13.6. The van der Waals surface area contributed by atoms with E-state index in [1.165, 1.54) is 32.4 Å². The Bertz CT molecular complexity index is 430. The second kappa shape index (κ2) is 9.00. The molecule has 1 aliphatic heterocycles. The molecule has 0 unspecified atom stereocenters. The average Bonchev–Trinajstić information content (AvgIpc) is 2.95. The second-order valence-corrected chi connectivity index (χ2v) is 6.14. The first kappa shape index (κ1) is 16.2. The van der Waals surface area contributed by atoms with Crippen LogP contribution >= 0.6 is 11.3 Å². The molecule has 6 heteroatoms. The average molecular weight is 311 g/mol. The van der Waals surface area contributed by atoms with Crippen molar-refractivity contribution in [3.63, 3.8) is 0 Å². The summed E-state index contributed by atoms with van der Waals surface area (Å²) in [5, 5.41) is 6.34. The first-order valence-corrected chi connectivity index (χ1v) is 8.72. The molecule has 1 fully saturated rings. The standard InChI is InChI=1S/C15H25N3O2S/c1-2-20-14(19)7-6-13-12-21-15(17-13)16-8-11-18-9-4-3-5-10-18/h12H,2-11H2,1H3,(H,16,17). The first-order valence-electron chi connectivity index (χ1n) is 7.84. The van der Waals surface area contributed by atoms with Gasteiger partial charge in [0.25, 0.3) is 0 Å². The highest BCUT2D eigenvalue weighted by molar-refractivity contribution is 7.13. The quantitative estimate of drug-likeness (QED) is 0.748. The summed E-state index contributed by atoms with van der Waals surface area (Å²) in [5.74, 6) is -0.148. The Balaban J connectivity index is 1.64. The van der Waals surface area contributed by atoms with Gasteiger partial charge in [-0.25, -0.2) is 4.98 Å². The number of aryl methyl sites for hydroxylation is 1. The predicted molar refractivity (Wildman–Crippen MR) is 85.8 cm³/mol. The molecule has 1 saturated heterocycles. The molecule has 1 aromatic heterocycles. The minimum Gasteiger partial charge on any atom is -0.466 e. The van der Waals surface area contributed by atoms with Gasteiger partial charge < -0.3 is 15.0 Å². The molecule has 1 N–H and O–H groups in total. The van der Waals surface area contributed by atoms with Gasteiger partial charge in [-0.2, -0.15) is 0 Å². The van der Waals surface area contributed by atoms with Crippen molar-refractivity contribution in [1.29, 1.82) is 0 Å². The SMILES string of the molecule is CCOC(=O)CCc1csc(NCCN2CCCCC2)n1. The van der Waals surface area contributed by atoms with E-state index in [9.17, 15) is 4.79 Å². The number of carbonyl (C=O) groups excluding carboxylic acids is 1. The Morgan fingerprint density at radius 2 is 2.24 bits per heavy atom. The number of hydrogen-bond donors (Lipinski definition) is 1. The second-order valence-electron chi connectivity index (χ2n) is 5.28. The third-order valence-electron chi connectivity index (χ3n) is 3.60. The van der Waals surface area contributed by atoms with Gasteiger partial charge in [0.1, 0.15) is 0 Å². The van der Waals surface area contributed by atoms with Crippen LogP contribution in [0.2, 0.25) is 0 Å². The van der Waals surface area contributed by atoms with Gasteiger partial charge in [0, 0.05) is 24.9 Å². The Labute approximate surface area is 130 Å². The van der Waals surface area contributed by atoms with Crippen LogP contribution in [0, 0.1) is 0 Å². The number of esters is 1. The summed E-state index contributed by atoms with van der Waals surface area (Å²) in [5.41, 5.74) is 0.966. The number of nitrogens with zero attached hydrogens (tertiary/aromatic N) is 2. The maximum absolute atomic E-state index is 11.3. The van der Waals surface area contributed by atoms with Crippen LogP contribution < -0.4 is 5.32 Å². The molecule has 1 aliphatic rings. The molecule has 0 amide bonds. The van der Waals surface area contributed by atoms with Crippen LogP contribution in [-0.2, 0) is 16.0 Å². The van der Waals surface area contributed by atoms with Crippen molar-refractivity contribution >= 4 is 22.4 Å². The van der Waals surface area contributed by atoms with Crippen LogP contribution in [0.4, 0.5) is 5.13 Å². The molecular formula is C15H25N3O2S. The molecule has 0 spiro atoms. The molecule has 5 nitrogen and oxygen atoms in total. The Hall–Kier alpha value is -1.14. The normalized spacial score (nSPS) is 15.9. The fourth-order valence-electron chi connectivity index (χ4n) is 2.47. The van der Waals surface area contributed by atoms with Crippen LogP contribution in [0.25, 0.3) is 0 Å². The van der Waals surface area contributed by atoms with E-state index in [-0.39, 0.29) is 5.97 Å². The Morgan fingerprint density at radius 3 is 3.00 bits per heavy atom. The number of likely N-dealkylation sites (tertiary alicyclic amines) is 1. The lowest BCUT2D eigenvalue weighted by atomic mass is 10.1. The van der Waals surface area contributed by atoms with E-state index in [1.807, 2.05) is 12.3 Å². The summed E-state index contributed by atoms with van der Waals surface area (Å²) in [4.78, 5) is 18.3. The number of anilines is 1. The Kier molecular flexibility index (Phi) is 6.95. The van der Waals surface area contributed by atoms with E-state index >= 15 is 0 Å². The van der Waals surface area contributed by atoms with Crippen LogP contribution in [-0.4, -0.2) is 48.6 Å². The zero-order chi connectivity index (χ0) is 14.9. The smallest absolute Gasteiger partial charge is 0.306 e. The number of rotatable bonds is 8. The minimum absolute atomic E-state index is 0.148. The summed E-state index contributed by atoms with van der Waals surface area (Å²) >= 11 is 1.61. The van der Waals surface area contributed by atoms with Gasteiger partial charge in [-0.15, -0.1) is 11.3 Å². The van der Waals surface area contributed by atoms with Crippen molar-refractivity contribution < 1.29 is 9.53 Å². The maximum atomic E-state index is 11.3. The van der Waals surface area contributed by atoms with Crippen molar-refractivity contribution in [1.82, 2.24) is 9.88 Å². The summed E-state index contributed by atoms with van der Waals surface area (Å²) in [6.45, 7) is 6.74. The minimum atomic E-state index is -0.148. The van der Waals surface area contributed by atoms with E-state index in [2.05, 4.69) is 15.2 Å². The number of thiazole rings is 1. The van der Waals surface area contributed by atoms with E-state index in [0.717, 1.165) is 23.9 Å². The topological polar surface area (TPSA) is 54.5 Å². The number of carbonyl (C=O) groups is 1. The number of piperidine rings is 1. The lowest BCUT2D eigenvalue weighted by molar-refractivity contribution is -0.143. The van der Waals surface area contributed by atoms with Gasteiger partial charge >= 0.3 is 5.97 Å². The van der Waals surface area contributed by atoms with Gasteiger partial charge in [0.2, 0.25) is 0 Å². The van der Waals surface area contributed by atoms with Crippen molar-refractivity contribution in [3.05, 3.63) is 11.1 Å². The fourth-order valence-corrected chi connectivity index (χ4v) is 3.24. The Morgan fingerprint density at radius 1 is 1.43 bits per heavy atom. The molecule has 0 bridgehead atoms. The molecule has 21 heavy (non-hydrogen) atoms. The maximum Gasteiger partial charge on any atom is 0.306 e. The van der Waals surface area contributed by atoms with Gasteiger partial charge in [0.05, 0.1) is 18.7 Å². The molecule has 2 heterocycles. The molecule has 2 rings (SSSR count). The molecule has 1 aromatic rings. The molecule has 0 saturated carbocycles. The van der Waals surface area contributed by atoms with E-state index < -0.39 is 0 Å². The van der Waals surface area contributed by atoms with Gasteiger partial charge in [0.15, 0.2) is 5.13 Å². The first-order chi connectivity index (χ1) is 10.3. The molecule has 118 valence electrons. The van der Waals surface area contributed by atoms with Crippen LogP contribution in [0.15, 0.2) is 5.38 Å². The molecule has 0 atom stereocenters. The highest BCUT2D eigenvalue weighted by Gasteiger charge is 2.10. The third kappa shape index (κ3) is 6.01. The van der Waals surface area contributed by atoms with Gasteiger partial charge in [-0.3, -0.25) is 4.79 Å². The van der Waals surface area contributed by atoms with Crippen molar-refractivity contribution in [2.24, 2.45) is 0 Å². The van der Waals surface area contributed by atoms with E-state index in [4.69, 9.17) is 4.74 Å². The van der Waals surface area contributed by atoms with Gasteiger partial charge in [-0.1, -0.05) is 6.42 Å². The molecule has 0 aliphatic carbocycles.